The van der Waals surface area contributed by atoms with Crippen molar-refractivity contribution in [2.24, 2.45) is 0 Å². The standard InChI is InChI=1S/C12H17N3S2/c1-4-9-5-6-10(16-9)7-11(13-3)12-8(2)14-15-17-12/h5-6,11,13H,4,7H2,1-3H3. The molecule has 92 valence electrons. The Hall–Kier alpha value is -0.780. The molecule has 0 amide bonds. The predicted molar refractivity (Wildman–Crippen MR) is 73.8 cm³/mol. The molecule has 1 N–H and O–H groups in total. The number of aromatic nitrogens is 2. The lowest BCUT2D eigenvalue weighted by Gasteiger charge is -2.13. The molecule has 0 spiro atoms. The number of hydrogen-bond donors (Lipinski definition) is 1. The summed E-state index contributed by atoms with van der Waals surface area (Å²) in [4.78, 5) is 4.13. The molecule has 0 bridgehead atoms. The van der Waals surface area contributed by atoms with E-state index in [1.165, 1.54) is 26.2 Å². The van der Waals surface area contributed by atoms with Crippen LogP contribution in [0, 0.1) is 6.92 Å². The van der Waals surface area contributed by atoms with Crippen molar-refractivity contribution in [1.29, 1.82) is 0 Å². The van der Waals surface area contributed by atoms with Crippen molar-refractivity contribution in [3.8, 4) is 0 Å². The third-order valence-electron chi connectivity index (χ3n) is 2.82. The summed E-state index contributed by atoms with van der Waals surface area (Å²) in [5.74, 6) is 0. The van der Waals surface area contributed by atoms with Crippen LogP contribution in [0.3, 0.4) is 0 Å². The van der Waals surface area contributed by atoms with Crippen molar-refractivity contribution in [3.63, 3.8) is 0 Å². The maximum Gasteiger partial charge on any atom is 0.0772 e. The predicted octanol–water partition coefficient (Wildman–Crippen LogP) is 2.97. The molecule has 0 aliphatic rings. The van der Waals surface area contributed by atoms with E-state index in [-0.39, 0.29) is 0 Å². The normalized spacial score (nSPS) is 12.9. The van der Waals surface area contributed by atoms with Crippen molar-refractivity contribution < 1.29 is 0 Å². The van der Waals surface area contributed by atoms with Crippen molar-refractivity contribution >= 4 is 22.9 Å². The highest BCUT2D eigenvalue weighted by atomic mass is 32.1. The summed E-state index contributed by atoms with van der Waals surface area (Å²) in [5.41, 5.74) is 1.04. The fourth-order valence-electron chi connectivity index (χ4n) is 1.81. The van der Waals surface area contributed by atoms with Gasteiger partial charge in [0, 0.05) is 22.2 Å². The van der Waals surface area contributed by atoms with E-state index in [0.29, 0.717) is 6.04 Å². The van der Waals surface area contributed by atoms with E-state index in [4.69, 9.17) is 0 Å². The molecule has 2 heterocycles. The number of rotatable bonds is 5. The average Bonchev–Trinajstić information content (AvgIpc) is 2.95. The molecule has 1 unspecified atom stereocenters. The number of nitrogens with one attached hydrogen (secondary N) is 1. The van der Waals surface area contributed by atoms with Crippen molar-refractivity contribution in [2.75, 3.05) is 7.05 Å². The van der Waals surface area contributed by atoms with Crippen LogP contribution in [0.15, 0.2) is 12.1 Å². The number of aryl methyl sites for hydroxylation is 2. The van der Waals surface area contributed by atoms with E-state index in [9.17, 15) is 0 Å². The molecule has 0 radical (unpaired) electrons. The van der Waals surface area contributed by atoms with E-state index >= 15 is 0 Å². The van der Waals surface area contributed by atoms with Gasteiger partial charge in [-0.05, 0) is 44.1 Å². The SMILES string of the molecule is CCc1ccc(CC(NC)c2snnc2C)s1. The van der Waals surface area contributed by atoms with Crippen molar-refractivity contribution in [1.82, 2.24) is 14.9 Å². The summed E-state index contributed by atoms with van der Waals surface area (Å²) in [6.07, 6.45) is 2.14. The Balaban J connectivity index is 2.12. The summed E-state index contributed by atoms with van der Waals surface area (Å²) >= 11 is 3.40. The fourth-order valence-corrected chi connectivity index (χ4v) is 3.56. The van der Waals surface area contributed by atoms with Crippen molar-refractivity contribution in [2.45, 2.75) is 32.7 Å². The fraction of sp³-hybridized carbons (Fsp3) is 0.500. The summed E-state index contributed by atoms with van der Waals surface area (Å²) in [6.45, 7) is 4.22. The average molecular weight is 267 g/mol. The number of thiophene rings is 1. The number of nitrogens with zero attached hydrogens (tertiary/aromatic N) is 2. The molecule has 1 atom stereocenters. The molecule has 2 aromatic rings. The van der Waals surface area contributed by atoms with E-state index in [0.717, 1.165) is 18.5 Å². The molecule has 5 heteroatoms. The molecular formula is C12H17N3S2. The second kappa shape index (κ2) is 5.71. The van der Waals surface area contributed by atoms with Gasteiger partial charge in [-0.25, -0.2) is 0 Å². The Labute approximate surface area is 110 Å². The van der Waals surface area contributed by atoms with Gasteiger partial charge < -0.3 is 5.32 Å². The maximum atomic E-state index is 4.08. The van der Waals surface area contributed by atoms with Gasteiger partial charge >= 0.3 is 0 Å². The zero-order valence-corrected chi connectivity index (χ0v) is 12.0. The molecule has 17 heavy (non-hydrogen) atoms. The minimum Gasteiger partial charge on any atom is -0.312 e. The highest BCUT2D eigenvalue weighted by Crippen LogP contribution is 2.26. The molecule has 0 aromatic carbocycles. The third-order valence-corrected chi connectivity index (χ3v) is 5.01. The minimum atomic E-state index is 0.332. The van der Waals surface area contributed by atoms with E-state index in [1.54, 1.807) is 0 Å². The maximum absolute atomic E-state index is 4.08. The van der Waals surface area contributed by atoms with Crippen LogP contribution in [-0.2, 0) is 12.8 Å². The summed E-state index contributed by atoms with van der Waals surface area (Å²) in [5, 5.41) is 7.44. The first-order chi connectivity index (χ1) is 8.24. The van der Waals surface area contributed by atoms with Crippen LogP contribution in [0.5, 0.6) is 0 Å². The van der Waals surface area contributed by atoms with Gasteiger partial charge in [0.15, 0.2) is 0 Å². The van der Waals surface area contributed by atoms with E-state index < -0.39 is 0 Å². The third kappa shape index (κ3) is 2.91. The molecule has 2 rings (SSSR count). The summed E-state index contributed by atoms with van der Waals surface area (Å²) < 4.78 is 4.01. The molecule has 0 fully saturated rings. The Morgan fingerprint density at radius 1 is 1.35 bits per heavy atom. The van der Waals surface area contributed by atoms with Crippen molar-refractivity contribution in [3.05, 3.63) is 32.5 Å². The van der Waals surface area contributed by atoms with Gasteiger partial charge in [0.05, 0.1) is 10.6 Å². The zero-order valence-electron chi connectivity index (χ0n) is 10.4. The molecular weight excluding hydrogens is 250 g/mol. The monoisotopic (exact) mass is 267 g/mol. The second-order valence-electron chi connectivity index (χ2n) is 3.99. The summed E-state index contributed by atoms with van der Waals surface area (Å²) in [7, 11) is 2.00. The largest absolute Gasteiger partial charge is 0.312 e. The Morgan fingerprint density at radius 3 is 2.65 bits per heavy atom. The number of likely N-dealkylation sites (N-methyl/N-ethyl adjacent to an activating group) is 1. The first kappa shape index (κ1) is 12.7. The van der Waals surface area contributed by atoms with Gasteiger partial charge in [-0.2, -0.15) is 0 Å². The van der Waals surface area contributed by atoms with E-state index in [2.05, 4.69) is 34.0 Å². The smallest absolute Gasteiger partial charge is 0.0772 e. The van der Waals surface area contributed by atoms with Gasteiger partial charge in [0.25, 0.3) is 0 Å². The molecule has 0 saturated heterocycles. The Morgan fingerprint density at radius 2 is 2.12 bits per heavy atom. The Bertz CT molecular complexity index is 476. The van der Waals surface area contributed by atoms with Gasteiger partial charge in [-0.15, -0.1) is 16.4 Å². The zero-order chi connectivity index (χ0) is 12.3. The first-order valence-electron chi connectivity index (χ1n) is 5.78. The lowest BCUT2D eigenvalue weighted by atomic mass is 10.1. The second-order valence-corrected chi connectivity index (χ2v) is 6.03. The van der Waals surface area contributed by atoms with Crippen LogP contribution in [0.2, 0.25) is 0 Å². The van der Waals surface area contributed by atoms with Gasteiger partial charge in [-0.3, -0.25) is 0 Å². The lowest BCUT2D eigenvalue weighted by Crippen LogP contribution is -2.18. The van der Waals surface area contributed by atoms with Crippen LogP contribution in [0.1, 0.15) is 33.3 Å². The molecule has 0 saturated carbocycles. The van der Waals surface area contributed by atoms with Crippen LogP contribution in [-0.4, -0.2) is 16.6 Å². The highest BCUT2D eigenvalue weighted by molar-refractivity contribution is 7.12. The van der Waals surface area contributed by atoms with Gasteiger partial charge in [0.1, 0.15) is 0 Å². The molecule has 2 aromatic heterocycles. The van der Waals surface area contributed by atoms with Crippen LogP contribution in [0.4, 0.5) is 0 Å². The summed E-state index contributed by atoms with van der Waals surface area (Å²) in [6, 6.07) is 4.79. The van der Waals surface area contributed by atoms with E-state index in [1.807, 2.05) is 25.3 Å². The first-order valence-corrected chi connectivity index (χ1v) is 7.37. The van der Waals surface area contributed by atoms with Gasteiger partial charge in [-0.1, -0.05) is 11.4 Å². The molecule has 0 aliphatic heterocycles. The van der Waals surface area contributed by atoms with Gasteiger partial charge in [0.2, 0.25) is 0 Å². The van der Waals surface area contributed by atoms with Crippen LogP contribution >= 0.6 is 22.9 Å². The van der Waals surface area contributed by atoms with Crippen LogP contribution in [0.25, 0.3) is 0 Å². The quantitative estimate of drug-likeness (QED) is 0.905. The molecule has 3 nitrogen and oxygen atoms in total. The lowest BCUT2D eigenvalue weighted by molar-refractivity contribution is 0.602. The number of hydrogen-bond acceptors (Lipinski definition) is 5. The minimum absolute atomic E-state index is 0.332. The molecule has 0 aliphatic carbocycles. The van der Waals surface area contributed by atoms with Crippen LogP contribution < -0.4 is 5.32 Å². The topological polar surface area (TPSA) is 37.8 Å². The Kier molecular flexibility index (Phi) is 4.25. The highest BCUT2D eigenvalue weighted by Gasteiger charge is 2.16.